The van der Waals surface area contributed by atoms with E-state index in [0.29, 0.717) is 11.3 Å². The van der Waals surface area contributed by atoms with Crippen molar-refractivity contribution < 1.29 is 22.9 Å². The van der Waals surface area contributed by atoms with Crippen molar-refractivity contribution in [1.29, 1.82) is 0 Å². The van der Waals surface area contributed by atoms with E-state index in [4.69, 9.17) is 0 Å². The molecule has 0 bridgehead atoms. The largest absolute Gasteiger partial charge is 0.416 e. The van der Waals surface area contributed by atoms with Gasteiger partial charge in [-0.15, -0.1) is 0 Å². The second-order valence-electron chi connectivity index (χ2n) is 4.72. The molecule has 0 heterocycles. The van der Waals surface area contributed by atoms with Gasteiger partial charge < -0.3 is 5.32 Å². The van der Waals surface area contributed by atoms with E-state index < -0.39 is 22.6 Å². The molecule has 0 spiro atoms. The van der Waals surface area contributed by atoms with Gasteiger partial charge in [0.25, 0.3) is 5.69 Å². The molecule has 23 heavy (non-hydrogen) atoms. The van der Waals surface area contributed by atoms with E-state index in [1.54, 1.807) is 0 Å². The summed E-state index contributed by atoms with van der Waals surface area (Å²) in [4.78, 5) is 21.8. The second-order valence-corrected chi connectivity index (χ2v) is 4.72. The lowest BCUT2D eigenvalue weighted by molar-refractivity contribution is -0.384. The summed E-state index contributed by atoms with van der Waals surface area (Å²) in [6.07, 6.45) is -4.52. The van der Waals surface area contributed by atoms with Crippen LogP contribution in [-0.4, -0.2) is 10.8 Å². The molecule has 1 amide bonds. The van der Waals surface area contributed by atoms with Crippen LogP contribution in [0.25, 0.3) is 0 Å². The minimum absolute atomic E-state index is 0.102. The summed E-state index contributed by atoms with van der Waals surface area (Å²) in [6.45, 7) is 0. The average Bonchev–Trinajstić information content (AvgIpc) is 2.47. The van der Waals surface area contributed by atoms with Crippen molar-refractivity contribution >= 4 is 17.3 Å². The lowest BCUT2D eigenvalue weighted by Gasteiger charge is -2.08. The summed E-state index contributed by atoms with van der Waals surface area (Å²) in [6, 6.07) is 9.53. The second kappa shape index (κ2) is 6.47. The van der Waals surface area contributed by atoms with E-state index in [9.17, 15) is 28.1 Å². The van der Waals surface area contributed by atoms with Crippen molar-refractivity contribution in [3.05, 3.63) is 69.8 Å². The Morgan fingerprint density at radius 1 is 1.04 bits per heavy atom. The molecule has 2 aromatic rings. The molecule has 0 aromatic heterocycles. The number of alkyl halides is 3. The number of non-ortho nitro benzene ring substituents is 1. The van der Waals surface area contributed by atoms with Gasteiger partial charge in [0.15, 0.2) is 0 Å². The average molecular weight is 324 g/mol. The topological polar surface area (TPSA) is 72.2 Å². The van der Waals surface area contributed by atoms with Crippen LogP contribution in [0.5, 0.6) is 0 Å². The number of amides is 1. The number of hydrogen-bond donors (Lipinski definition) is 1. The first kappa shape index (κ1) is 16.5. The van der Waals surface area contributed by atoms with Crippen LogP contribution in [0.15, 0.2) is 48.5 Å². The number of carbonyl (C=O) groups is 1. The van der Waals surface area contributed by atoms with Crippen LogP contribution in [-0.2, 0) is 17.4 Å². The van der Waals surface area contributed by atoms with E-state index in [1.165, 1.54) is 36.4 Å². The van der Waals surface area contributed by atoms with Crippen molar-refractivity contribution in [2.24, 2.45) is 0 Å². The Bertz CT molecular complexity index is 710. The predicted molar refractivity (Wildman–Crippen MR) is 76.9 cm³/mol. The molecule has 0 aliphatic rings. The number of rotatable bonds is 4. The molecule has 0 unspecified atom stereocenters. The summed E-state index contributed by atoms with van der Waals surface area (Å²) < 4.78 is 37.3. The molecule has 0 atom stereocenters. The van der Waals surface area contributed by atoms with Gasteiger partial charge in [0.1, 0.15) is 0 Å². The molecule has 1 N–H and O–H groups in total. The standard InChI is InChI=1S/C15H11F3N2O3/c16-15(17,18)11-3-1-10(2-4-11)9-14(21)19-12-5-7-13(8-6-12)20(22)23/h1-8H,9H2,(H,19,21). The van der Waals surface area contributed by atoms with Crippen molar-refractivity contribution in [2.75, 3.05) is 5.32 Å². The van der Waals surface area contributed by atoms with Crippen LogP contribution in [0, 0.1) is 10.1 Å². The fourth-order valence-electron chi connectivity index (χ4n) is 1.87. The lowest BCUT2D eigenvalue weighted by atomic mass is 10.1. The normalized spacial score (nSPS) is 11.1. The molecule has 120 valence electrons. The number of nitrogens with one attached hydrogen (secondary N) is 1. The highest BCUT2D eigenvalue weighted by atomic mass is 19.4. The van der Waals surface area contributed by atoms with Crippen LogP contribution in [0.4, 0.5) is 24.5 Å². The molecule has 5 nitrogen and oxygen atoms in total. The molecule has 0 saturated carbocycles. The summed E-state index contributed by atoms with van der Waals surface area (Å²) >= 11 is 0. The van der Waals surface area contributed by atoms with E-state index in [-0.39, 0.29) is 12.1 Å². The summed E-state index contributed by atoms with van der Waals surface area (Å²) in [7, 11) is 0. The Morgan fingerprint density at radius 3 is 2.09 bits per heavy atom. The first-order valence-electron chi connectivity index (χ1n) is 6.46. The first-order valence-corrected chi connectivity index (χ1v) is 6.46. The van der Waals surface area contributed by atoms with Crippen LogP contribution < -0.4 is 5.32 Å². The third kappa shape index (κ3) is 4.53. The molecular formula is C15H11F3N2O3. The Balaban J connectivity index is 1.98. The zero-order chi connectivity index (χ0) is 17.0. The van der Waals surface area contributed by atoms with Gasteiger partial charge in [-0.1, -0.05) is 12.1 Å². The number of benzene rings is 2. The van der Waals surface area contributed by atoms with Crippen molar-refractivity contribution in [3.8, 4) is 0 Å². The van der Waals surface area contributed by atoms with E-state index in [0.717, 1.165) is 12.1 Å². The predicted octanol–water partition coefficient (Wildman–Crippen LogP) is 3.79. The zero-order valence-corrected chi connectivity index (χ0v) is 11.6. The smallest absolute Gasteiger partial charge is 0.326 e. The van der Waals surface area contributed by atoms with Crippen molar-refractivity contribution in [3.63, 3.8) is 0 Å². The molecule has 0 radical (unpaired) electrons. The van der Waals surface area contributed by atoms with Crippen LogP contribution in [0.2, 0.25) is 0 Å². The van der Waals surface area contributed by atoms with Gasteiger partial charge in [0.2, 0.25) is 5.91 Å². The van der Waals surface area contributed by atoms with Gasteiger partial charge >= 0.3 is 6.18 Å². The molecular weight excluding hydrogens is 313 g/mol. The van der Waals surface area contributed by atoms with Gasteiger partial charge in [-0.05, 0) is 29.8 Å². The summed E-state index contributed by atoms with van der Waals surface area (Å²) in [5, 5.41) is 13.0. The number of carbonyl (C=O) groups excluding carboxylic acids is 1. The Labute approximate surface area is 128 Å². The number of halogens is 3. The monoisotopic (exact) mass is 324 g/mol. The highest BCUT2D eigenvalue weighted by Gasteiger charge is 2.29. The minimum Gasteiger partial charge on any atom is -0.326 e. The molecule has 0 saturated heterocycles. The quantitative estimate of drug-likeness (QED) is 0.687. The Kier molecular flexibility index (Phi) is 4.63. The van der Waals surface area contributed by atoms with E-state index >= 15 is 0 Å². The maximum Gasteiger partial charge on any atom is 0.416 e. The third-order valence-electron chi connectivity index (χ3n) is 3.01. The number of nitrogens with zero attached hydrogens (tertiary/aromatic N) is 1. The SMILES string of the molecule is O=C(Cc1ccc(C(F)(F)F)cc1)Nc1ccc([N+](=O)[O-])cc1. The molecule has 0 aliphatic carbocycles. The van der Waals surface area contributed by atoms with Crippen LogP contribution >= 0.6 is 0 Å². The molecule has 8 heteroatoms. The van der Waals surface area contributed by atoms with Gasteiger partial charge in [-0.25, -0.2) is 0 Å². The number of nitro benzene ring substituents is 1. The van der Waals surface area contributed by atoms with Crippen molar-refractivity contribution in [2.45, 2.75) is 12.6 Å². The third-order valence-corrected chi connectivity index (χ3v) is 3.01. The molecule has 0 fully saturated rings. The van der Waals surface area contributed by atoms with Crippen LogP contribution in [0.3, 0.4) is 0 Å². The fourth-order valence-corrected chi connectivity index (χ4v) is 1.87. The number of nitro groups is 1. The van der Waals surface area contributed by atoms with Gasteiger partial charge in [0, 0.05) is 17.8 Å². The van der Waals surface area contributed by atoms with Gasteiger partial charge in [0.05, 0.1) is 16.9 Å². The lowest BCUT2D eigenvalue weighted by Crippen LogP contribution is -2.14. The highest BCUT2D eigenvalue weighted by Crippen LogP contribution is 2.29. The molecule has 2 rings (SSSR count). The van der Waals surface area contributed by atoms with E-state index in [1.807, 2.05) is 0 Å². The fraction of sp³-hybridized carbons (Fsp3) is 0.133. The highest BCUT2D eigenvalue weighted by molar-refractivity contribution is 5.92. The molecule has 2 aromatic carbocycles. The zero-order valence-electron chi connectivity index (χ0n) is 11.6. The maximum atomic E-state index is 12.4. The minimum atomic E-state index is -4.42. The number of hydrogen-bond acceptors (Lipinski definition) is 3. The summed E-state index contributed by atoms with van der Waals surface area (Å²) in [5.41, 5.74) is -0.0901. The Hall–Kier alpha value is -2.90. The maximum absolute atomic E-state index is 12.4. The Morgan fingerprint density at radius 2 is 1.61 bits per heavy atom. The van der Waals surface area contributed by atoms with Crippen LogP contribution in [0.1, 0.15) is 11.1 Å². The van der Waals surface area contributed by atoms with Gasteiger partial charge in [-0.3, -0.25) is 14.9 Å². The van der Waals surface area contributed by atoms with Crippen molar-refractivity contribution in [1.82, 2.24) is 0 Å². The van der Waals surface area contributed by atoms with Gasteiger partial charge in [-0.2, -0.15) is 13.2 Å². The molecule has 0 aliphatic heterocycles. The van der Waals surface area contributed by atoms with E-state index in [2.05, 4.69) is 5.32 Å². The number of anilines is 1. The first-order chi connectivity index (χ1) is 10.8. The summed E-state index contributed by atoms with van der Waals surface area (Å²) in [5.74, 6) is -0.432.